The van der Waals surface area contributed by atoms with E-state index in [0.29, 0.717) is 17.2 Å². The molecule has 6 nitrogen and oxygen atoms in total. The van der Waals surface area contributed by atoms with Gasteiger partial charge in [-0.1, -0.05) is 44.2 Å². The summed E-state index contributed by atoms with van der Waals surface area (Å²) in [6.45, 7) is 7.82. The lowest BCUT2D eigenvalue weighted by molar-refractivity contribution is -0.123. The summed E-state index contributed by atoms with van der Waals surface area (Å²) in [5.41, 5.74) is 8.43. The largest absolute Gasteiger partial charge is 0.483 e. The van der Waals surface area contributed by atoms with E-state index in [1.165, 1.54) is 0 Å². The minimum atomic E-state index is -0.416. The van der Waals surface area contributed by atoms with Crippen molar-refractivity contribution < 1.29 is 14.3 Å². The molecule has 7 heteroatoms. The molecule has 0 aliphatic rings. The Kier molecular flexibility index (Phi) is 7.52. The Bertz CT molecular complexity index is 843. The number of rotatable bonds is 5. The number of aryl methyl sites for hydroxylation is 2. The third-order valence-corrected chi connectivity index (χ3v) is 4.34. The van der Waals surface area contributed by atoms with Crippen LogP contribution in [0.15, 0.2) is 42.5 Å². The highest BCUT2D eigenvalue weighted by molar-refractivity contribution is 7.80. The van der Waals surface area contributed by atoms with Gasteiger partial charge in [0.05, 0.1) is 0 Å². The van der Waals surface area contributed by atoms with Gasteiger partial charge in [-0.2, -0.15) is 0 Å². The van der Waals surface area contributed by atoms with Gasteiger partial charge in [-0.3, -0.25) is 25.8 Å². The van der Waals surface area contributed by atoms with Crippen LogP contribution in [0, 0.1) is 13.8 Å². The van der Waals surface area contributed by atoms with Crippen molar-refractivity contribution >= 4 is 29.1 Å². The van der Waals surface area contributed by atoms with Crippen molar-refractivity contribution in [2.75, 3.05) is 6.61 Å². The van der Waals surface area contributed by atoms with Gasteiger partial charge >= 0.3 is 0 Å². The van der Waals surface area contributed by atoms with E-state index in [2.05, 4.69) is 30.0 Å². The molecule has 0 spiro atoms. The number of hydrazine groups is 1. The zero-order valence-corrected chi connectivity index (χ0v) is 17.3. The highest BCUT2D eigenvalue weighted by Gasteiger charge is 2.10. The number of hydrogen-bond donors (Lipinski definition) is 3. The third-order valence-electron chi connectivity index (χ3n) is 4.14. The molecule has 2 amide bonds. The summed E-state index contributed by atoms with van der Waals surface area (Å²) < 4.78 is 5.56. The normalized spacial score (nSPS) is 10.3. The van der Waals surface area contributed by atoms with E-state index in [9.17, 15) is 9.59 Å². The molecule has 3 N–H and O–H groups in total. The summed E-state index contributed by atoms with van der Waals surface area (Å²) >= 11 is 5.04. The number of amides is 2. The summed E-state index contributed by atoms with van der Waals surface area (Å²) in [6.07, 6.45) is 0. The Morgan fingerprint density at radius 1 is 1.00 bits per heavy atom. The van der Waals surface area contributed by atoms with E-state index in [0.717, 1.165) is 16.7 Å². The molecule has 148 valence electrons. The predicted molar refractivity (Wildman–Crippen MR) is 113 cm³/mol. The summed E-state index contributed by atoms with van der Waals surface area (Å²) in [5.74, 6) is 0.300. The average molecular weight is 400 g/mol. The van der Waals surface area contributed by atoms with Gasteiger partial charge in [0.2, 0.25) is 0 Å². The molecular formula is C21H25N3O3S. The Hall–Kier alpha value is -2.93. The molecule has 0 fully saturated rings. The van der Waals surface area contributed by atoms with E-state index in [1.54, 1.807) is 12.1 Å². The fourth-order valence-electron chi connectivity index (χ4n) is 2.55. The van der Waals surface area contributed by atoms with Crippen molar-refractivity contribution in [2.45, 2.75) is 33.6 Å². The van der Waals surface area contributed by atoms with Gasteiger partial charge in [0.25, 0.3) is 11.8 Å². The van der Waals surface area contributed by atoms with Gasteiger partial charge in [0.1, 0.15) is 5.75 Å². The molecule has 28 heavy (non-hydrogen) atoms. The molecule has 0 unspecified atom stereocenters. The maximum absolute atomic E-state index is 12.2. The predicted octanol–water partition coefficient (Wildman–Crippen LogP) is 3.14. The molecule has 0 saturated carbocycles. The zero-order valence-electron chi connectivity index (χ0n) is 16.5. The van der Waals surface area contributed by atoms with Crippen molar-refractivity contribution in [3.63, 3.8) is 0 Å². The highest BCUT2D eigenvalue weighted by atomic mass is 32.1. The molecule has 0 bridgehead atoms. The fourth-order valence-corrected chi connectivity index (χ4v) is 2.70. The SMILES string of the molecule is Cc1cccc(C)c1OCC(=O)NNC(=S)NC(=O)c1ccc(C(C)C)cc1. The second kappa shape index (κ2) is 9.85. The molecule has 0 radical (unpaired) electrons. The first-order valence-electron chi connectivity index (χ1n) is 8.97. The lowest BCUT2D eigenvalue weighted by Gasteiger charge is -2.13. The van der Waals surface area contributed by atoms with E-state index in [1.807, 2.05) is 44.2 Å². The quantitative estimate of drug-likeness (QED) is 0.532. The van der Waals surface area contributed by atoms with Gasteiger partial charge in [-0.25, -0.2) is 0 Å². The number of thiocarbonyl (C=S) groups is 1. The molecule has 0 aliphatic heterocycles. The summed E-state index contributed by atoms with van der Waals surface area (Å²) in [5, 5.41) is 2.52. The van der Waals surface area contributed by atoms with Crippen LogP contribution in [-0.4, -0.2) is 23.5 Å². The summed E-state index contributed by atoms with van der Waals surface area (Å²) in [4.78, 5) is 24.1. The molecule has 0 aromatic heterocycles. The standard InChI is InChI=1S/C21H25N3O3S/c1-13(2)16-8-10-17(11-9-16)20(26)22-21(28)24-23-18(25)12-27-19-14(3)6-5-7-15(19)4/h5-11,13H,12H2,1-4H3,(H,23,25)(H2,22,24,26,28). The molecule has 0 heterocycles. The Labute approximate surface area is 170 Å². The van der Waals surface area contributed by atoms with Gasteiger partial charge in [0.15, 0.2) is 11.7 Å². The maximum Gasteiger partial charge on any atom is 0.276 e. The van der Waals surface area contributed by atoms with Crippen LogP contribution < -0.4 is 20.9 Å². The van der Waals surface area contributed by atoms with E-state index >= 15 is 0 Å². The highest BCUT2D eigenvalue weighted by Crippen LogP contribution is 2.22. The number of carbonyl (C=O) groups excluding carboxylic acids is 2. The van der Waals surface area contributed by atoms with E-state index < -0.39 is 5.91 Å². The molecule has 0 saturated heterocycles. The lowest BCUT2D eigenvalue weighted by atomic mass is 10.0. The second-order valence-electron chi connectivity index (χ2n) is 6.74. The molecule has 0 aliphatic carbocycles. The van der Waals surface area contributed by atoms with Gasteiger partial charge in [-0.05, 0) is 60.8 Å². The number of carbonyl (C=O) groups is 2. The summed E-state index contributed by atoms with van der Waals surface area (Å²) in [7, 11) is 0. The van der Waals surface area contributed by atoms with Gasteiger partial charge in [0, 0.05) is 5.56 Å². The first kappa shape index (κ1) is 21.4. The van der Waals surface area contributed by atoms with Crippen LogP contribution in [0.4, 0.5) is 0 Å². The molecular weight excluding hydrogens is 374 g/mol. The smallest absolute Gasteiger partial charge is 0.276 e. The third kappa shape index (κ3) is 6.06. The minimum Gasteiger partial charge on any atom is -0.483 e. The molecule has 0 atom stereocenters. The van der Waals surface area contributed by atoms with Crippen LogP contribution in [0.5, 0.6) is 5.75 Å². The average Bonchev–Trinajstić information content (AvgIpc) is 2.66. The van der Waals surface area contributed by atoms with Gasteiger partial charge in [-0.15, -0.1) is 0 Å². The monoisotopic (exact) mass is 399 g/mol. The van der Waals surface area contributed by atoms with Crippen molar-refractivity contribution in [1.82, 2.24) is 16.2 Å². The first-order chi connectivity index (χ1) is 13.3. The van der Waals surface area contributed by atoms with E-state index in [-0.39, 0.29) is 17.6 Å². The number of para-hydroxylation sites is 1. The van der Waals surface area contributed by atoms with E-state index in [4.69, 9.17) is 17.0 Å². The Balaban J connectivity index is 1.78. The van der Waals surface area contributed by atoms with Crippen LogP contribution >= 0.6 is 12.2 Å². The lowest BCUT2D eigenvalue weighted by Crippen LogP contribution is -2.49. The Morgan fingerprint density at radius 3 is 2.18 bits per heavy atom. The van der Waals surface area contributed by atoms with Crippen molar-refractivity contribution in [3.05, 3.63) is 64.7 Å². The number of nitrogens with one attached hydrogen (secondary N) is 3. The Morgan fingerprint density at radius 2 is 1.61 bits per heavy atom. The molecule has 2 aromatic carbocycles. The first-order valence-corrected chi connectivity index (χ1v) is 9.38. The number of ether oxygens (including phenoxy) is 1. The van der Waals surface area contributed by atoms with Crippen LogP contribution in [0.2, 0.25) is 0 Å². The number of benzene rings is 2. The zero-order chi connectivity index (χ0) is 20.7. The number of hydrogen-bond acceptors (Lipinski definition) is 4. The summed E-state index contributed by atoms with van der Waals surface area (Å²) in [6, 6.07) is 13.0. The van der Waals surface area contributed by atoms with Crippen LogP contribution in [0.3, 0.4) is 0 Å². The van der Waals surface area contributed by atoms with Crippen LogP contribution in [-0.2, 0) is 4.79 Å². The second-order valence-corrected chi connectivity index (χ2v) is 7.15. The van der Waals surface area contributed by atoms with Crippen molar-refractivity contribution in [3.8, 4) is 5.75 Å². The van der Waals surface area contributed by atoms with Crippen LogP contribution in [0.25, 0.3) is 0 Å². The molecule has 2 aromatic rings. The fraction of sp³-hybridized carbons (Fsp3) is 0.286. The minimum absolute atomic E-state index is 0.00152. The van der Waals surface area contributed by atoms with Gasteiger partial charge < -0.3 is 4.74 Å². The van der Waals surface area contributed by atoms with Crippen molar-refractivity contribution in [1.29, 1.82) is 0 Å². The maximum atomic E-state index is 12.2. The van der Waals surface area contributed by atoms with Crippen molar-refractivity contribution in [2.24, 2.45) is 0 Å². The van der Waals surface area contributed by atoms with Crippen LogP contribution in [0.1, 0.15) is 46.8 Å². The topological polar surface area (TPSA) is 79.5 Å². The molecule has 2 rings (SSSR count).